The summed E-state index contributed by atoms with van der Waals surface area (Å²) in [5.74, 6) is 0.347. The van der Waals surface area contributed by atoms with E-state index in [1.807, 2.05) is 56.3 Å². The molecule has 1 aromatic heterocycles. The number of nitriles is 1. The smallest absolute Gasteiger partial charge is 0.328 e. The fraction of sp³-hybridized carbons (Fsp3) is 0.345. The van der Waals surface area contributed by atoms with Crippen molar-refractivity contribution >= 4 is 5.97 Å². The van der Waals surface area contributed by atoms with Gasteiger partial charge in [0, 0.05) is 17.4 Å². The molecule has 5 heteroatoms. The van der Waals surface area contributed by atoms with Crippen molar-refractivity contribution < 1.29 is 14.3 Å². The summed E-state index contributed by atoms with van der Waals surface area (Å²) in [6, 6.07) is 25.2. The zero-order valence-corrected chi connectivity index (χ0v) is 20.3. The Balaban J connectivity index is 1.48. The molecule has 0 unspecified atom stereocenters. The predicted molar refractivity (Wildman–Crippen MR) is 130 cm³/mol. The van der Waals surface area contributed by atoms with Crippen molar-refractivity contribution in [2.75, 3.05) is 0 Å². The molecule has 5 nitrogen and oxygen atoms in total. The van der Waals surface area contributed by atoms with Crippen LogP contribution in [0.2, 0.25) is 0 Å². The highest BCUT2D eigenvalue weighted by Crippen LogP contribution is 2.74. The Bertz CT molecular complexity index is 1220. The largest absolute Gasteiger partial charge is 0.458 e. The Morgan fingerprint density at radius 1 is 1.00 bits per heavy atom. The average molecular weight is 455 g/mol. The molecule has 1 aliphatic carbocycles. The van der Waals surface area contributed by atoms with Crippen molar-refractivity contribution in [2.24, 2.45) is 10.8 Å². The summed E-state index contributed by atoms with van der Waals surface area (Å²) in [5, 5.41) is 10.1. The molecular weight excluding hydrogens is 424 g/mol. The molecule has 0 radical (unpaired) electrons. The fourth-order valence-electron chi connectivity index (χ4n) is 4.70. The third kappa shape index (κ3) is 4.17. The molecule has 3 aromatic rings. The van der Waals surface area contributed by atoms with E-state index >= 15 is 0 Å². The van der Waals surface area contributed by atoms with E-state index in [1.165, 1.54) is 5.56 Å². The first kappa shape index (κ1) is 23.5. The zero-order chi connectivity index (χ0) is 24.6. The Labute approximate surface area is 201 Å². The predicted octanol–water partition coefficient (Wildman–Crippen LogP) is 6.55. The summed E-state index contributed by atoms with van der Waals surface area (Å²) in [5.41, 5.74) is 1.02. The molecule has 0 aliphatic heterocycles. The van der Waals surface area contributed by atoms with Gasteiger partial charge < -0.3 is 9.47 Å². The third-order valence-electron chi connectivity index (χ3n) is 6.79. The van der Waals surface area contributed by atoms with Crippen LogP contribution in [-0.4, -0.2) is 11.0 Å². The molecule has 1 fully saturated rings. The van der Waals surface area contributed by atoms with E-state index in [1.54, 1.807) is 18.2 Å². The maximum atomic E-state index is 13.2. The van der Waals surface area contributed by atoms with Gasteiger partial charge in [0.25, 0.3) is 0 Å². The number of carbonyl (C=O) groups excluding carboxylic acids is 1. The summed E-state index contributed by atoms with van der Waals surface area (Å²) in [7, 11) is 0. The molecule has 2 aromatic carbocycles. The van der Waals surface area contributed by atoms with Crippen molar-refractivity contribution in [1.82, 2.24) is 4.98 Å². The standard InChI is InChI=1S/C29H30N2O3/c1-27(2,3)21-16-14-20(15-17-21)25-28(4,5)29(25,19-30)26(32)33-18-22-10-9-13-24(31-22)34-23-11-7-6-8-12-23/h6-17,25H,18H2,1-5H3/t25-,29-/m0/s1. The minimum atomic E-state index is -1.23. The quantitative estimate of drug-likeness (QED) is 0.395. The number of aromatic nitrogens is 1. The molecule has 1 saturated carbocycles. The number of nitrogens with zero attached hydrogens (tertiary/aromatic N) is 2. The van der Waals surface area contributed by atoms with Gasteiger partial charge in [-0.15, -0.1) is 0 Å². The van der Waals surface area contributed by atoms with Gasteiger partial charge in [0.05, 0.1) is 11.8 Å². The molecule has 0 amide bonds. The number of esters is 1. The number of carbonyl (C=O) groups is 1. The summed E-state index contributed by atoms with van der Waals surface area (Å²) < 4.78 is 11.4. The van der Waals surface area contributed by atoms with Crippen LogP contribution < -0.4 is 4.74 Å². The van der Waals surface area contributed by atoms with E-state index in [-0.39, 0.29) is 17.9 Å². The Kier molecular flexibility index (Phi) is 5.95. The highest BCUT2D eigenvalue weighted by atomic mass is 16.5. The third-order valence-corrected chi connectivity index (χ3v) is 6.79. The maximum absolute atomic E-state index is 13.2. The molecule has 0 spiro atoms. The van der Waals surface area contributed by atoms with Gasteiger partial charge in [-0.05, 0) is 34.7 Å². The van der Waals surface area contributed by atoms with Crippen molar-refractivity contribution in [3.63, 3.8) is 0 Å². The lowest BCUT2D eigenvalue weighted by atomic mass is 9.86. The number of hydrogen-bond donors (Lipinski definition) is 0. The first-order chi connectivity index (χ1) is 16.1. The summed E-state index contributed by atoms with van der Waals surface area (Å²) >= 11 is 0. The second-order valence-corrected chi connectivity index (χ2v) is 10.4. The van der Waals surface area contributed by atoms with Crippen molar-refractivity contribution in [1.29, 1.82) is 5.26 Å². The van der Waals surface area contributed by atoms with Crippen LogP contribution in [0.15, 0.2) is 72.8 Å². The van der Waals surface area contributed by atoms with Crippen LogP contribution in [0, 0.1) is 22.2 Å². The molecular formula is C29H30N2O3. The fourth-order valence-corrected chi connectivity index (χ4v) is 4.70. The highest BCUT2D eigenvalue weighted by Gasteiger charge is 2.78. The van der Waals surface area contributed by atoms with Crippen molar-refractivity contribution in [3.05, 3.63) is 89.6 Å². The first-order valence-electron chi connectivity index (χ1n) is 11.5. The van der Waals surface area contributed by atoms with E-state index < -0.39 is 16.8 Å². The average Bonchev–Trinajstić information content (AvgIpc) is 3.33. The van der Waals surface area contributed by atoms with E-state index in [2.05, 4.69) is 44.0 Å². The van der Waals surface area contributed by atoms with E-state index in [9.17, 15) is 10.1 Å². The van der Waals surface area contributed by atoms with Crippen LogP contribution >= 0.6 is 0 Å². The molecule has 0 bridgehead atoms. The second-order valence-electron chi connectivity index (χ2n) is 10.4. The number of rotatable bonds is 6. The number of pyridine rings is 1. The number of para-hydroxylation sites is 1. The van der Waals surface area contributed by atoms with E-state index in [0.717, 1.165) is 5.56 Å². The summed E-state index contributed by atoms with van der Waals surface area (Å²) in [6.45, 7) is 10.4. The van der Waals surface area contributed by atoms with Crippen LogP contribution in [0.25, 0.3) is 0 Å². The normalized spacial score (nSPS) is 20.8. The summed E-state index contributed by atoms with van der Waals surface area (Å²) in [6.07, 6.45) is 0. The van der Waals surface area contributed by atoms with Crippen LogP contribution in [0.4, 0.5) is 0 Å². The summed E-state index contributed by atoms with van der Waals surface area (Å²) in [4.78, 5) is 17.7. The highest BCUT2D eigenvalue weighted by molar-refractivity contribution is 5.88. The van der Waals surface area contributed by atoms with Crippen molar-refractivity contribution in [3.8, 4) is 17.7 Å². The maximum Gasteiger partial charge on any atom is 0.328 e. The zero-order valence-electron chi connectivity index (χ0n) is 20.3. The van der Waals surface area contributed by atoms with E-state index in [4.69, 9.17) is 9.47 Å². The van der Waals surface area contributed by atoms with Gasteiger partial charge >= 0.3 is 5.97 Å². The molecule has 1 heterocycles. The minimum absolute atomic E-state index is 0.0278. The lowest BCUT2D eigenvalue weighted by Gasteiger charge is -2.19. The molecule has 0 N–H and O–H groups in total. The monoisotopic (exact) mass is 454 g/mol. The lowest BCUT2D eigenvalue weighted by Crippen LogP contribution is -2.23. The van der Waals surface area contributed by atoms with Crippen LogP contribution in [0.3, 0.4) is 0 Å². The SMILES string of the molecule is CC(C)(C)c1ccc([C@H]2C(C)(C)[C@]2(C#N)C(=O)OCc2cccc(Oc3ccccc3)n2)cc1. The topological polar surface area (TPSA) is 72.2 Å². The number of ether oxygens (including phenoxy) is 2. The van der Waals surface area contributed by atoms with Crippen LogP contribution in [0.5, 0.6) is 11.6 Å². The second kappa shape index (κ2) is 8.61. The molecule has 0 saturated heterocycles. The number of benzene rings is 2. The van der Waals surface area contributed by atoms with Crippen molar-refractivity contribution in [2.45, 2.75) is 52.6 Å². The van der Waals surface area contributed by atoms with Gasteiger partial charge in [-0.2, -0.15) is 5.26 Å². The van der Waals surface area contributed by atoms with Gasteiger partial charge in [0.15, 0.2) is 5.41 Å². The van der Waals surface area contributed by atoms with Gasteiger partial charge in [0.2, 0.25) is 5.88 Å². The lowest BCUT2D eigenvalue weighted by molar-refractivity contribution is -0.150. The van der Waals surface area contributed by atoms with Gasteiger partial charge in [0.1, 0.15) is 12.4 Å². The molecule has 1 aliphatic rings. The Morgan fingerprint density at radius 2 is 1.68 bits per heavy atom. The number of hydrogen-bond acceptors (Lipinski definition) is 5. The molecule has 174 valence electrons. The van der Waals surface area contributed by atoms with Crippen LogP contribution in [-0.2, 0) is 21.6 Å². The van der Waals surface area contributed by atoms with Gasteiger partial charge in [-0.3, -0.25) is 4.79 Å². The van der Waals surface area contributed by atoms with Gasteiger partial charge in [-0.1, -0.05) is 83.1 Å². The molecule has 4 rings (SSSR count). The molecule has 34 heavy (non-hydrogen) atoms. The molecule has 2 atom stereocenters. The first-order valence-corrected chi connectivity index (χ1v) is 11.5. The van der Waals surface area contributed by atoms with Crippen LogP contribution in [0.1, 0.15) is 57.4 Å². The van der Waals surface area contributed by atoms with E-state index in [0.29, 0.717) is 17.3 Å². The Hall–Kier alpha value is -3.65. The Morgan fingerprint density at radius 3 is 2.29 bits per heavy atom. The van der Waals surface area contributed by atoms with Gasteiger partial charge in [-0.25, -0.2) is 4.98 Å². The minimum Gasteiger partial charge on any atom is -0.458 e.